The Kier molecular flexibility index (Phi) is 7.14. The second kappa shape index (κ2) is 10.2. The molecule has 1 aliphatic rings. The molecule has 1 aromatic heterocycles. The Morgan fingerprint density at radius 1 is 1.03 bits per heavy atom. The molecule has 0 saturated carbocycles. The lowest BCUT2D eigenvalue weighted by Crippen LogP contribution is -2.46. The topological polar surface area (TPSA) is 86.1 Å². The van der Waals surface area contributed by atoms with Crippen LogP contribution in [0.2, 0.25) is 0 Å². The van der Waals surface area contributed by atoms with Crippen LogP contribution >= 0.6 is 0 Å². The van der Waals surface area contributed by atoms with Gasteiger partial charge >= 0.3 is 0 Å². The summed E-state index contributed by atoms with van der Waals surface area (Å²) < 4.78 is 5.99. The standard InChI is InChI=1S/C25H30N2O4/c28-15-18-8-19(16-29)13-27(12-18)14-22(30)17-31-23-9-20-4-1-2-6-24(20)25(10-23)21-5-3-7-26-11-21/h1-7,9-11,18-19,22,28-30H,8,12-17H2/t18-,19+,22?. The summed E-state index contributed by atoms with van der Waals surface area (Å²) in [6, 6.07) is 16.1. The number of hydrogen-bond acceptors (Lipinski definition) is 6. The Bertz CT molecular complexity index is 970. The summed E-state index contributed by atoms with van der Waals surface area (Å²) in [7, 11) is 0. The number of hydrogen-bond donors (Lipinski definition) is 3. The fraction of sp³-hybridized carbons (Fsp3) is 0.400. The van der Waals surface area contributed by atoms with E-state index >= 15 is 0 Å². The lowest BCUT2D eigenvalue weighted by molar-refractivity contribution is 0.0155. The molecule has 0 aliphatic carbocycles. The van der Waals surface area contributed by atoms with Crippen LogP contribution in [0.15, 0.2) is 60.9 Å². The van der Waals surface area contributed by atoms with Crippen LogP contribution in [0.1, 0.15) is 6.42 Å². The third kappa shape index (κ3) is 5.40. The van der Waals surface area contributed by atoms with Crippen LogP contribution in [0.5, 0.6) is 5.75 Å². The van der Waals surface area contributed by atoms with Gasteiger partial charge in [0.2, 0.25) is 0 Å². The number of aliphatic hydroxyl groups is 3. The van der Waals surface area contributed by atoms with Gasteiger partial charge in [-0.1, -0.05) is 30.3 Å². The summed E-state index contributed by atoms with van der Waals surface area (Å²) in [6.45, 7) is 2.29. The van der Waals surface area contributed by atoms with E-state index < -0.39 is 6.10 Å². The Balaban J connectivity index is 1.45. The molecule has 6 nitrogen and oxygen atoms in total. The van der Waals surface area contributed by atoms with Crippen molar-refractivity contribution in [2.45, 2.75) is 12.5 Å². The van der Waals surface area contributed by atoms with Gasteiger partial charge in [-0.3, -0.25) is 9.88 Å². The zero-order valence-electron chi connectivity index (χ0n) is 17.6. The van der Waals surface area contributed by atoms with Gasteiger partial charge in [-0.05, 0) is 52.8 Å². The van der Waals surface area contributed by atoms with Gasteiger partial charge in [-0.15, -0.1) is 0 Å². The van der Waals surface area contributed by atoms with E-state index in [4.69, 9.17) is 4.74 Å². The van der Waals surface area contributed by atoms with Crippen molar-refractivity contribution in [3.63, 3.8) is 0 Å². The first-order valence-electron chi connectivity index (χ1n) is 10.8. The molecular formula is C25H30N2O4. The van der Waals surface area contributed by atoms with Crippen LogP contribution in [0.25, 0.3) is 21.9 Å². The molecule has 1 unspecified atom stereocenters. The second-order valence-electron chi connectivity index (χ2n) is 8.45. The fourth-order valence-corrected chi connectivity index (χ4v) is 4.51. The molecule has 1 fully saturated rings. The maximum absolute atomic E-state index is 10.6. The molecule has 0 amide bonds. The number of aliphatic hydroxyl groups excluding tert-OH is 3. The van der Waals surface area contributed by atoms with E-state index in [1.807, 2.05) is 42.6 Å². The third-order valence-corrected chi connectivity index (χ3v) is 5.94. The van der Waals surface area contributed by atoms with Crippen molar-refractivity contribution in [3.05, 3.63) is 60.9 Å². The number of ether oxygens (including phenoxy) is 1. The minimum absolute atomic E-state index is 0.105. The number of likely N-dealkylation sites (tertiary alicyclic amines) is 1. The molecule has 1 aliphatic heterocycles. The number of β-amino-alcohol motifs (C(OH)–C–C–N with tert-alkyl or cyclic N) is 1. The highest BCUT2D eigenvalue weighted by Crippen LogP contribution is 2.32. The summed E-state index contributed by atoms with van der Waals surface area (Å²) >= 11 is 0. The van der Waals surface area contributed by atoms with E-state index in [9.17, 15) is 15.3 Å². The highest BCUT2D eigenvalue weighted by molar-refractivity contribution is 5.97. The predicted molar refractivity (Wildman–Crippen MR) is 121 cm³/mol. The molecule has 6 heteroatoms. The molecule has 3 aromatic rings. The smallest absolute Gasteiger partial charge is 0.120 e. The zero-order valence-corrected chi connectivity index (χ0v) is 17.6. The lowest BCUT2D eigenvalue weighted by atomic mass is 9.90. The number of rotatable bonds is 8. The van der Waals surface area contributed by atoms with Gasteiger partial charge in [0.1, 0.15) is 18.5 Å². The molecular weight excluding hydrogens is 392 g/mol. The molecule has 0 bridgehead atoms. The van der Waals surface area contributed by atoms with Crippen LogP contribution < -0.4 is 4.74 Å². The summed E-state index contributed by atoms with van der Waals surface area (Å²) in [5, 5.41) is 31.8. The summed E-state index contributed by atoms with van der Waals surface area (Å²) in [4.78, 5) is 6.35. The van der Waals surface area contributed by atoms with E-state index in [-0.39, 0.29) is 31.7 Å². The van der Waals surface area contributed by atoms with Gasteiger partial charge in [-0.2, -0.15) is 0 Å². The van der Waals surface area contributed by atoms with Gasteiger partial charge in [0, 0.05) is 50.8 Å². The molecule has 3 N–H and O–H groups in total. The van der Waals surface area contributed by atoms with Crippen LogP contribution in [0, 0.1) is 11.8 Å². The number of piperidine rings is 1. The summed E-state index contributed by atoms with van der Waals surface area (Å²) in [5.41, 5.74) is 2.06. The van der Waals surface area contributed by atoms with Crippen molar-refractivity contribution in [2.24, 2.45) is 11.8 Å². The quantitative estimate of drug-likeness (QED) is 0.517. The van der Waals surface area contributed by atoms with Crippen LogP contribution in [0.3, 0.4) is 0 Å². The van der Waals surface area contributed by atoms with Crippen molar-refractivity contribution in [1.29, 1.82) is 0 Å². The average Bonchev–Trinajstić information content (AvgIpc) is 2.82. The van der Waals surface area contributed by atoms with Crippen molar-refractivity contribution in [3.8, 4) is 16.9 Å². The maximum atomic E-state index is 10.6. The first-order chi connectivity index (χ1) is 15.2. The van der Waals surface area contributed by atoms with Crippen molar-refractivity contribution >= 4 is 10.8 Å². The van der Waals surface area contributed by atoms with Gasteiger partial charge in [0.05, 0.1) is 0 Å². The van der Waals surface area contributed by atoms with Crippen molar-refractivity contribution < 1.29 is 20.1 Å². The van der Waals surface area contributed by atoms with Gasteiger partial charge < -0.3 is 20.1 Å². The zero-order chi connectivity index (χ0) is 21.6. The van der Waals surface area contributed by atoms with Gasteiger partial charge in [0.15, 0.2) is 0 Å². The third-order valence-electron chi connectivity index (χ3n) is 5.94. The van der Waals surface area contributed by atoms with Crippen molar-refractivity contribution in [1.82, 2.24) is 9.88 Å². The number of aromatic nitrogens is 1. The molecule has 1 saturated heterocycles. The van der Waals surface area contributed by atoms with Gasteiger partial charge in [0.25, 0.3) is 0 Å². The summed E-state index contributed by atoms with van der Waals surface area (Å²) in [5.74, 6) is 0.986. The normalized spacial score (nSPS) is 20.6. The first-order valence-corrected chi connectivity index (χ1v) is 10.8. The number of pyridine rings is 1. The molecule has 0 spiro atoms. The van der Waals surface area contributed by atoms with Crippen LogP contribution in [-0.4, -0.2) is 70.8 Å². The Labute approximate surface area is 182 Å². The minimum Gasteiger partial charge on any atom is -0.491 e. The second-order valence-corrected chi connectivity index (χ2v) is 8.45. The molecule has 31 heavy (non-hydrogen) atoms. The number of nitrogens with zero attached hydrogens (tertiary/aromatic N) is 2. The molecule has 2 heterocycles. The predicted octanol–water partition coefficient (Wildman–Crippen LogP) is 2.56. The number of fused-ring (bicyclic) bond motifs is 1. The molecule has 164 valence electrons. The van der Waals surface area contributed by atoms with E-state index in [2.05, 4.69) is 22.0 Å². The fourth-order valence-electron chi connectivity index (χ4n) is 4.51. The van der Waals surface area contributed by atoms with E-state index in [1.54, 1.807) is 6.20 Å². The minimum atomic E-state index is -0.662. The van der Waals surface area contributed by atoms with Crippen LogP contribution in [-0.2, 0) is 0 Å². The molecule has 2 aromatic carbocycles. The average molecular weight is 423 g/mol. The Hall–Kier alpha value is -2.51. The lowest BCUT2D eigenvalue weighted by Gasteiger charge is -2.37. The van der Waals surface area contributed by atoms with E-state index in [0.717, 1.165) is 41.4 Å². The summed E-state index contributed by atoms with van der Waals surface area (Å²) in [6.07, 6.45) is 3.76. The Morgan fingerprint density at radius 3 is 2.52 bits per heavy atom. The highest BCUT2D eigenvalue weighted by Gasteiger charge is 2.27. The van der Waals surface area contributed by atoms with Crippen molar-refractivity contribution in [2.75, 3.05) is 39.5 Å². The Morgan fingerprint density at radius 2 is 1.81 bits per heavy atom. The van der Waals surface area contributed by atoms with Crippen LogP contribution in [0.4, 0.5) is 0 Å². The number of benzene rings is 2. The monoisotopic (exact) mass is 422 g/mol. The van der Waals surface area contributed by atoms with E-state index in [1.165, 1.54) is 0 Å². The maximum Gasteiger partial charge on any atom is 0.120 e. The van der Waals surface area contributed by atoms with Gasteiger partial charge in [-0.25, -0.2) is 0 Å². The largest absolute Gasteiger partial charge is 0.491 e. The SMILES string of the molecule is OC[C@@H]1C[C@H](CO)CN(CC(O)COc2cc(-c3cccnc3)c3ccccc3c2)C1. The van der Waals surface area contributed by atoms with E-state index in [0.29, 0.717) is 12.3 Å². The first kappa shape index (κ1) is 21.7. The molecule has 0 radical (unpaired) electrons. The molecule has 3 atom stereocenters. The highest BCUT2D eigenvalue weighted by atomic mass is 16.5. The molecule has 4 rings (SSSR count).